The molecule has 52 heavy (non-hydrogen) atoms. The molecule has 2 aliphatic rings. The number of nitrogens with zero attached hydrogens (tertiary/aromatic N) is 2. The van der Waals surface area contributed by atoms with E-state index in [-0.39, 0.29) is 49.5 Å². The summed E-state index contributed by atoms with van der Waals surface area (Å²) in [5.74, 6) is 0.885. The van der Waals surface area contributed by atoms with Crippen molar-refractivity contribution in [2.24, 2.45) is 5.92 Å². The van der Waals surface area contributed by atoms with Gasteiger partial charge in [-0.3, -0.25) is 9.69 Å². The Morgan fingerprint density at radius 3 is 2.35 bits per heavy atom. The van der Waals surface area contributed by atoms with Crippen LogP contribution in [-0.4, -0.2) is 85.2 Å². The Kier molecular flexibility index (Phi) is 12.9. The third-order valence-electron chi connectivity index (χ3n) is 9.17. The highest BCUT2D eigenvalue weighted by Crippen LogP contribution is 2.35. The topological polar surface area (TPSA) is 122 Å². The number of hydrogen-bond donors (Lipinski definition) is 3. The maximum absolute atomic E-state index is 14.4. The molecule has 0 aliphatic carbocycles. The number of hydrogen-bond acceptors (Lipinski definition) is 8. The summed E-state index contributed by atoms with van der Waals surface area (Å²) in [5.41, 5.74) is 1.12. The number of rotatable bonds is 8. The lowest BCUT2D eigenvalue weighted by Crippen LogP contribution is -2.47. The average Bonchev–Trinajstić information content (AvgIpc) is 3.57. The lowest BCUT2D eigenvalue weighted by atomic mass is 10.0. The highest BCUT2D eigenvalue weighted by molar-refractivity contribution is 6.02. The van der Waals surface area contributed by atoms with Gasteiger partial charge in [-0.1, -0.05) is 19.1 Å². The van der Waals surface area contributed by atoms with Gasteiger partial charge in [0.25, 0.3) is 5.91 Å². The van der Waals surface area contributed by atoms with Gasteiger partial charge in [0, 0.05) is 49.6 Å². The van der Waals surface area contributed by atoms with Crippen molar-refractivity contribution < 1.29 is 46.8 Å². The number of benzene rings is 3. The van der Waals surface area contributed by atoms with Crippen LogP contribution >= 0.6 is 0 Å². The largest absolute Gasteiger partial charge is 0.490 e. The fourth-order valence-electron chi connectivity index (χ4n) is 6.21. The van der Waals surface area contributed by atoms with Crippen molar-refractivity contribution in [3.63, 3.8) is 0 Å². The van der Waals surface area contributed by atoms with Crippen LogP contribution in [0.5, 0.6) is 17.2 Å². The summed E-state index contributed by atoms with van der Waals surface area (Å²) in [6.07, 6.45) is -2.65. The first-order valence-corrected chi connectivity index (χ1v) is 17.5. The first-order chi connectivity index (χ1) is 24.8. The van der Waals surface area contributed by atoms with Crippen LogP contribution in [0.25, 0.3) is 0 Å². The number of anilines is 2. The number of fused-ring (bicyclic) bond motifs is 2. The molecule has 0 unspecified atom stereocenters. The Bertz CT molecular complexity index is 1670. The number of carbonyl (C=O) groups is 2. The maximum Gasteiger partial charge on any atom is 0.416 e. The van der Waals surface area contributed by atoms with E-state index in [1.165, 1.54) is 12.1 Å². The average molecular weight is 729 g/mol. The molecule has 3 N–H and O–H groups in total. The highest BCUT2D eigenvalue weighted by Gasteiger charge is 2.32. The van der Waals surface area contributed by atoms with Gasteiger partial charge in [0.2, 0.25) is 6.79 Å². The van der Waals surface area contributed by atoms with Crippen LogP contribution < -0.4 is 24.8 Å². The van der Waals surface area contributed by atoms with Gasteiger partial charge in [-0.05, 0) is 88.2 Å². The Morgan fingerprint density at radius 1 is 0.981 bits per heavy atom. The molecule has 0 saturated carbocycles. The van der Waals surface area contributed by atoms with Crippen LogP contribution in [0.2, 0.25) is 0 Å². The monoisotopic (exact) mass is 728 g/mol. The predicted molar refractivity (Wildman–Crippen MR) is 190 cm³/mol. The van der Waals surface area contributed by atoms with Crippen molar-refractivity contribution in [1.82, 2.24) is 9.80 Å². The Morgan fingerprint density at radius 2 is 1.65 bits per heavy atom. The van der Waals surface area contributed by atoms with E-state index in [1.807, 2.05) is 25.8 Å². The van der Waals surface area contributed by atoms with Gasteiger partial charge in [-0.2, -0.15) is 13.2 Å². The summed E-state index contributed by atoms with van der Waals surface area (Å²) in [4.78, 5) is 31.0. The molecule has 2 heterocycles. The van der Waals surface area contributed by atoms with Gasteiger partial charge < -0.3 is 39.6 Å². The van der Waals surface area contributed by atoms with Crippen LogP contribution in [0.15, 0.2) is 60.7 Å². The number of urea groups is 1. The van der Waals surface area contributed by atoms with Crippen molar-refractivity contribution in [2.45, 2.75) is 71.0 Å². The molecule has 282 valence electrons. The van der Waals surface area contributed by atoms with Crippen molar-refractivity contribution in [2.75, 3.05) is 50.8 Å². The zero-order valence-corrected chi connectivity index (χ0v) is 29.9. The molecule has 5 rings (SSSR count). The van der Waals surface area contributed by atoms with Crippen LogP contribution in [0.4, 0.5) is 29.3 Å². The third kappa shape index (κ3) is 10.3. The first-order valence-electron chi connectivity index (χ1n) is 17.5. The number of halogens is 3. The molecule has 0 bridgehead atoms. The molecule has 0 spiro atoms. The summed E-state index contributed by atoms with van der Waals surface area (Å²) >= 11 is 0. The number of aliphatic hydroxyl groups excluding tert-OH is 1. The maximum atomic E-state index is 14.4. The van der Waals surface area contributed by atoms with Crippen LogP contribution in [-0.2, 0) is 17.5 Å². The van der Waals surface area contributed by atoms with Gasteiger partial charge in [-0.15, -0.1) is 0 Å². The number of alkyl halides is 3. The summed E-state index contributed by atoms with van der Waals surface area (Å²) in [5, 5.41) is 15.8. The van der Waals surface area contributed by atoms with Crippen LogP contribution in [0, 0.1) is 5.92 Å². The molecule has 3 aromatic carbocycles. The quantitative estimate of drug-likeness (QED) is 0.227. The Hall–Kier alpha value is -4.53. The van der Waals surface area contributed by atoms with Crippen molar-refractivity contribution >= 4 is 23.3 Å². The van der Waals surface area contributed by atoms with E-state index in [1.54, 1.807) is 48.2 Å². The first kappa shape index (κ1) is 38.7. The van der Waals surface area contributed by atoms with Crippen LogP contribution in [0.1, 0.15) is 61.5 Å². The van der Waals surface area contributed by atoms with Crippen molar-refractivity contribution in [3.05, 3.63) is 77.4 Å². The summed E-state index contributed by atoms with van der Waals surface area (Å²) in [6.45, 7) is 7.06. The molecule has 3 aromatic rings. The van der Waals surface area contributed by atoms with Gasteiger partial charge >= 0.3 is 12.2 Å². The van der Waals surface area contributed by atoms with E-state index < -0.39 is 23.8 Å². The predicted octanol–water partition coefficient (Wildman–Crippen LogP) is 7.01. The molecule has 0 aromatic heterocycles. The molecule has 2 aliphatic heterocycles. The van der Waals surface area contributed by atoms with Gasteiger partial charge in [0.1, 0.15) is 5.75 Å². The van der Waals surface area contributed by atoms with Gasteiger partial charge in [0.05, 0.1) is 36.0 Å². The highest BCUT2D eigenvalue weighted by atomic mass is 19.4. The molecule has 4 atom stereocenters. The Balaban J connectivity index is 1.34. The number of aliphatic hydroxyl groups is 1. The zero-order chi connectivity index (χ0) is 37.4. The smallest absolute Gasteiger partial charge is 0.416 e. The van der Waals surface area contributed by atoms with Gasteiger partial charge in [0.15, 0.2) is 11.5 Å². The second kappa shape index (κ2) is 17.3. The molecular weight excluding hydrogens is 681 g/mol. The summed E-state index contributed by atoms with van der Waals surface area (Å²) in [7, 11) is 1.88. The minimum absolute atomic E-state index is 0.107. The fraction of sp³-hybridized carbons (Fsp3) is 0.474. The van der Waals surface area contributed by atoms with Crippen LogP contribution in [0.3, 0.4) is 0 Å². The van der Waals surface area contributed by atoms with E-state index >= 15 is 0 Å². The lowest BCUT2D eigenvalue weighted by molar-refractivity contribution is -0.137. The number of likely N-dealkylation sites (N-methyl/N-ethyl adjacent to an activating group) is 1. The second-order valence-electron chi connectivity index (χ2n) is 13.5. The number of ether oxygens (including phenoxy) is 4. The van der Waals surface area contributed by atoms with E-state index in [0.717, 1.165) is 30.5 Å². The third-order valence-corrected chi connectivity index (χ3v) is 9.17. The van der Waals surface area contributed by atoms with Crippen molar-refractivity contribution in [3.8, 4) is 17.2 Å². The standard InChI is InChI=1S/C38H47F3N4O7/c1-24-19-45(25(2)22-46)36(47)31-17-29(42-37(48)43-30-13-15-33-34(18-30)51-23-50-33)12-14-32(31)52-26(3)7-5-6-16-49-35(24)21-44(4)20-27-8-10-28(11-9-27)38(39,40)41/h8-15,17-18,24-26,35,46H,5-7,16,19-23H2,1-4H3,(H2,42,43,48)/t24-,25+,26+,35+/m0/s1. The zero-order valence-electron chi connectivity index (χ0n) is 29.9. The molecule has 14 heteroatoms. The summed E-state index contributed by atoms with van der Waals surface area (Å²) in [6, 6.07) is 14.0. The normalized spacial score (nSPS) is 20.4. The number of nitrogens with one attached hydrogen (secondary N) is 2. The number of carbonyl (C=O) groups excluding carboxylic acids is 2. The van der Waals surface area contributed by atoms with E-state index in [2.05, 4.69) is 10.6 Å². The molecular formula is C38H47F3N4O7. The second-order valence-corrected chi connectivity index (χ2v) is 13.5. The molecule has 0 radical (unpaired) electrons. The molecule has 0 fully saturated rings. The number of amides is 3. The van der Waals surface area contributed by atoms with E-state index in [9.17, 15) is 27.9 Å². The van der Waals surface area contributed by atoms with Crippen molar-refractivity contribution in [1.29, 1.82) is 0 Å². The molecule has 3 amide bonds. The minimum atomic E-state index is -4.40. The fourth-order valence-corrected chi connectivity index (χ4v) is 6.21. The van der Waals surface area contributed by atoms with E-state index in [4.69, 9.17) is 18.9 Å². The minimum Gasteiger partial charge on any atom is -0.490 e. The van der Waals surface area contributed by atoms with E-state index in [0.29, 0.717) is 54.7 Å². The summed E-state index contributed by atoms with van der Waals surface area (Å²) < 4.78 is 62.7. The van der Waals surface area contributed by atoms with Gasteiger partial charge in [-0.25, -0.2) is 4.79 Å². The molecule has 11 nitrogen and oxygen atoms in total. The molecule has 0 saturated heterocycles. The SMILES string of the molecule is C[C@@H]1CCCCO[C@H](CN(C)Cc2ccc(C(F)(F)F)cc2)[C@@H](C)CN([C@H](C)CO)C(=O)c2cc(NC(=O)Nc3ccc4c(c3)OCO4)ccc2O1. The Labute approximate surface area is 302 Å². The lowest BCUT2D eigenvalue weighted by Gasteiger charge is -2.36.